The van der Waals surface area contributed by atoms with Crippen molar-refractivity contribution in [2.24, 2.45) is 5.92 Å². The minimum absolute atomic E-state index is 0.311. The first-order valence-electron chi connectivity index (χ1n) is 9.31. The van der Waals surface area contributed by atoms with E-state index < -0.39 is 6.10 Å². The molecule has 2 atom stereocenters. The number of benzene rings is 2. The average Bonchev–Trinajstić information content (AvgIpc) is 3.46. The van der Waals surface area contributed by atoms with Gasteiger partial charge in [-0.25, -0.2) is 0 Å². The molecule has 134 valence electrons. The van der Waals surface area contributed by atoms with Crippen LogP contribution in [0.4, 0.5) is 0 Å². The molecular weight excluding hydrogens is 310 g/mol. The maximum atomic E-state index is 10.5. The number of hydrogen-bond donors (Lipinski definition) is 1. The van der Waals surface area contributed by atoms with Gasteiger partial charge in [-0.15, -0.1) is 0 Å². The highest BCUT2D eigenvalue weighted by Gasteiger charge is 2.28. The molecule has 2 aromatic rings. The summed E-state index contributed by atoms with van der Waals surface area (Å²) < 4.78 is 5.71. The predicted octanol–water partition coefficient (Wildman–Crippen LogP) is 4.04. The van der Waals surface area contributed by atoms with Crippen LogP contribution in [0.25, 0.3) is 0 Å². The Morgan fingerprint density at radius 3 is 2.32 bits per heavy atom. The summed E-state index contributed by atoms with van der Waals surface area (Å²) in [5.74, 6) is 0.795. The Labute approximate surface area is 151 Å². The zero-order valence-electron chi connectivity index (χ0n) is 15.1. The molecule has 2 aromatic carbocycles. The van der Waals surface area contributed by atoms with Crippen molar-refractivity contribution < 1.29 is 9.84 Å². The van der Waals surface area contributed by atoms with Crippen LogP contribution in [0.2, 0.25) is 0 Å². The molecule has 0 bridgehead atoms. The third-order valence-electron chi connectivity index (χ3n) is 4.89. The van der Waals surface area contributed by atoms with Crippen LogP contribution < -0.4 is 0 Å². The average molecular weight is 339 g/mol. The Bertz CT molecular complexity index is 612. The number of aliphatic hydroxyl groups excluding tert-OH is 1. The molecule has 0 saturated heterocycles. The summed E-state index contributed by atoms with van der Waals surface area (Å²) in [6.45, 7) is 4.87. The lowest BCUT2D eigenvalue weighted by Gasteiger charge is -2.31. The molecule has 0 heterocycles. The van der Waals surface area contributed by atoms with Gasteiger partial charge in [0.2, 0.25) is 0 Å². The van der Waals surface area contributed by atoms with Gasteiger partial charge < -0.3 is 9.84 Å². The Balaban J connectivity index is 1.50. The number of ether oxygens (including phenoxy) is 1. The van der Waals surface area contributed by atoms with Crippen molar-refractivity contribution in [2.45, 2.75) is 38.5 Å². The van der Waals surface area contributed by atoms with Crippen molar-refractivity contribution >= 4 is 0 Å². The Morgan fingerprint density at radius 2 is 1.68 bits per heavy atom. The van der Waals surface area contributed by atoms with E-state index in [-0.39, 0.29) is 0 Å². The number of nitrogens with zero attached hydrogens (tertiary/aromatic N) is 1. The van der Waals surface area contributed by atoms with Crippen molar-refractivity contribution in [1.29, 1.82) is 0 Å². The predicted molar refractivity (Wildman–Crippen MR) is 101 cm³/mol. The van der Waals surface area contributed by atoms with Crippen LogP contribution in [-0.4, -0.2) is 35.8 Å². The number of hydrogen-bond acceptors (Lipinski definition) is 3. The van der Waals surface area contributed by atoms with Gasteiger partial charge in [0.15, 0.2) is 0 Å². The van der Waals surface area contributed by atoms with E-state index in [9.17, 15) is 5.11 Å². The van der Waals surface area contributed by atoms with Crippen LogP contribution in [0, 0.1) is 5.92 Å². The van der Waals surface area contributed by atoms with Crippen molar-refractivity contribution in [3.8, 4) is 0 Å². The van der Waals surface area contributed by atoms with E-state index in [2.05, 4.69) is 36.1 Å². The van der Waals surface area contributed by atoms with E-state index in [1.165, 1.54) is 18.4 Å². The molecule has 1 unspecified atom stereocenters. The van der Waals surface area contributed by atoms with Crippen LogP contribution in [0.5, 0.6) is 0 Å². The van der Waals surface area contributed by atoms with Gasteiger partial charge in [0.25, 0.3) is 0 Å². The van der Waals surface area contributed by atoms with Gasteiger partial charge >= 0.3 is 0 Å². The molecule has 0 radical (unpaired) electrons. The molecule has 0 aromatic heterocycles. The molecule has 25 heavy (non-hydrogen) atoms. The van der Waals surface area contributed by atoms with Crippen LogP contribution in [0.1, 0.15) is 36.9 Å². The summed E-state index contributed by atoms with van der Waals surface area (Å²) in [4.78, 5) is 2.41. The summed E-state index contributed by atoms with van der Waals surface area (Å²) >= 11 is 0. The van der Waals surface area contributed by atoms with Crippen molar-refractivity contribution in [1.82, 2.24) is 4.90 Å². The lowest BCUT2D eigenvalue weighted by molar-refractivity contribution is 0.00239. The van der Waals surface area contributed by atoms with Crippen LogP contribution in [0.15, 0.2) is 60.7 Å². The Kier molecular flexibility index (Phi) is 6.62. The van der Waals surface area contributed by atoms with E-state index >= 15 is 0 Å². The minimum Gasteiger partial charge on any atom is -0.389 e. The first kappa shape index (κ1) is 18.1. The lowest BCUT2D eigenvalue weighted by Crippen LogP contribution is -2.38. The van der Waals surface area contributed by atoms with Crippen molar-refractivity contribution in [2.75, 3.05) is 19.7 Å². The smallest absolute Gasteiger partial charge is 0.0900 e. The van der Waals surface area contributed by atoms with E-state index in [4.69, 9.17) is 4.74 Å². The molecule has 1 N–H and O–H groups in total. The third-order valence-corrected chi connectivity index (χ3v) is 4.89. The van der Waals surface area contributed by atoms with E-state index in [0.717, 1.165) is 18.0 Å². The first-order chi connectivity index (χ1) is 12.2. The summed E-state index contributed by atoms with van der Waals surface area (Å²) in [6, 6.07) is 21.0. The Morgan fingerprint density at radius 1 is 1.04 bits per heavy atom. The third kappa shape index (κ3) is 5.96. The highest BCUT2D eigenvalue weighted by Crippen LogP contribution is 2.32. The van der Waals surface area contributed by atoms with Crippen LogP contribution in [-0.2, 0) is 11.3 Å². The van der Waals surface area contributed by atoms with Crippen molar-refractivity contribution in [3.05, 3.63) is 71.8 Å². The standard InChI is InChI=1S/C22H29NO2/c1-18(21-10-6-3-7-11-21)23(14-19-12-13-19)15-22(24)17-25-16-20-8-4-2-5-9-20/h2-11,18-19,22,24H,12-17H2,1H3/t18?,22-/m1/s1. The Hall–Kier alpha value is -1.68. The zero-order chi connectivity index (χ0) is 17.5. The van der Waals surface area contributed by atoms with Gasteiger partial charge in [-0.1, -0.05) is 60.7 Å². The molecular formula is C22H29NO2. The fourth-order valence-electron chi connectivity index (χ4n) is 3.18. The van der Waals surface area contributed by atoms with Gasteiger partial charge in [-0.2, -0.15) is 0 Å². The molecule has 1 fully saturated rings. The number of aliphatic hydroxyl groups is 1. The SMILES string of the molecule is CC(c1ccccc1)N(CC1CC1)C[C@@H](O)COCc1ccccc1. The maximum Gasteiger partial charge on any atom is 0.0900 e. The summed E-state index contributed by atoms with van der Waals surface area (Å²) in [7, 11) is 0. The van der Waals surface area contributed by atoms with E-state index in [1.54, 1.807) is 0 Å². The summed E-state index contributed by atoms with van der Waals surface area (Å²) in [6.07, 6.45) is 2.17. The maximum absolute atomic E-state index is 10.5. The molecule has 0 amide bonds. The molecule has 1 aliphatic carbocycles. The second kappa shape index (κ2) is 9.14. The quantitative estimate of drug-likeness (QED) is 0.709. The van der Waals surface area contributed by atoms with Crippen LogP contribution in [0.3, 0.4) is 0 Å². The second-order valence-electron chi connectivity index (χ2n) is 7.14. The van der Waals surface area contributed by atoms with Crippen molar-refractivity contribution in [3.63, 3.8) is 0 Å². The van der Waals surface area contributed by atoms with Gasteiger partial charge in [0.05, 0.1) is 19.3 Å². The second-order valence-corrected chi connectivity index (χ2v) is 7.14. The first-order valence-corrected chi connectivity index (χ1v) is 9.31. The zero-order valence-corrected chi connectivity index (χ0v) is 15.1. The molecule has 0 spiro atoms. The monoisotopic (exact) mass is 339 g/mol. The van der Waals surface area contributed by atoms with Gasteiger partial charge in [0.1, 0.15) is 0 Å². The molecule has 3 heteroatoms. The molecule has 0 aliphatic heterocycles. The highest BCUT2D eigenvalue weighted by atomic mass is 16.5. The number of rotatable bonds is 10. The van der Waals surface area contributed by atoms with Crippen LogP contribution >= 0.6 is 0 Å². The van der Waals surface area contributed by atoms with Gasteiger partial charge in [-0.05, 0) is 36.8 Å². The summed E-state index contributed by atoms with van der Waals surface area (Å²) in [5, 5.41) is 10.5. The fourth-order valence-corrected chi connectivity index (χ4v) is 3.18. The van der Waals surface area contributed by atoms with Gasteiger partial charge in [-0.3, -0.25) is 4.90 Å². The topological polar surface area (TPSA) is 32.7 Å². The van der Waals surface area contributed by atoms with E-state index in [0.29, 0.717) is 25.8 Å². The van der Waals surface area contributed by atoms with E-state index in [1.807, 2.05) is 36.4 Å². The molecule has 1 saturated carbocycles. The lowest BCUT2D eigenvalue weighted by atomic mass is 10.1. The molecule has 3 nitrogen and oxygen atoms in total. The minimum atomic E-state index is -0.464. The fraction of sp³-hybridized carbons (Fsp3) is 0.455. The largest absolute Gasteiger partial charge is 0.389 e. The van der Waals surface area contributed by atoms with Gasteiger partial charge in [0, 0.05) is 19.1 Å². The summed E-state index contributed by atoms with van der Waals surface area (Å²) in [5.41, 5.74) is 2.45. The molecule has 1 aliphatic rings. The highest BCUT2D eigenvalue weighted by molar-refractivity contribution is 5.18. The molecule has 3 rings (SSSR count). The normalized spacial score (nSPS) is 16.8.